The van der Waals surface area contributed by atoms with Gasteiger partial charge in [-0.05, 0) is 55.4 Å². The second kappa shape index (κ2) is 8.77. The summed E-state index contributed by atoms with van der Waals surface area (Å²) in [6.45, 7) is 3.37. The van der Waals surface area contributed by atoms with Gasteiger partial charge in [0.2, 0.25) is 11.8 Å². The van der Waals surface area contributed by atoms with Crippen molar-refractivity contribution < 1.29 is 9.59 Å². The highest BCUT2D eigenvalue weighted by Gasteiger charge is 2.27. The maximum absolute atomic E-state index is 12.5. The lowest BCUT2D eigenvalue weighted by Crippen LogP contribution is -2.32. The molecule has 2 fully saturated rings. The second-order valence-corrected chi connectivity index (χ2v) is 8.28. The second-order valence-electron chi connectivity index (χ2n) is 8.28. The number of anilines is 2. The molecule has 0 unspecified atom stereocenters. The fraction of sp³-hybridized carbons (Fsp3) is 0.636. The Balaban J connectivity index is 1.77. The highest BCUT2D eigenvalue weighted by Crippen LogP contribution is 2.32. The summed E-state index contributed by atoms with van der Waals surface area (Å²) in [5, 5.41) is 3.10. The minimum atomic E-state index is 0.135. The zero-order valence-corrected chi connectivity index (χ0v) is 17.0. The Morgan fingerprint density at radius 1 is 1.11 bits per heavy atom. The summed E-state index contributed by atoms with van der Waals surface area (Å²) < 4.78 is 0. The Morgan fingerprint density at radius 3 is 2.41 bits per heavy atom. The van der Waals surface area contributed by atoms with Crippen LogP contribution in [0.1, 0.15) is 57.4 Å². The third-order valence-corrected chi connectivity index (χ3v) is 5.75. The molecule has 1 aromatic carbocycles. The van der Waals surface area contributed by atoms with E-state index in [0.717, 1.165) is 49.2 Å². The van der Waals surface area contributed by atoms with E-state index in [1.807, 2.05) is 44.1 Å². The fourth-order valence-electron chi connectivity index (χ4n) is 3.95. The van der Waals surface area contributed by atoms with Crippen molar-refractivity contribution in [2.24, 2.45) is 11.8 Å². The van der Waals surface area contributed by atoms with Gasteiger partial charge < -0.3 is 15.1 Å². The summed E-state index contributed by atoms with van der Waals surface area (Å²) >= 11 is 0. The van der Waals surface area contributed by atoms with Crippen LogP contribution in [-0.2, 0) is 16.1 Å². The minimum absolute atomic E-state index is 0.135. The molecule has 0 bridgehead atoms. The first kappa shape index (κ1) is 19.7. The van der Waals surface area contributed by atoms with E-state index in [4.69, 9.17) is 0 Å². The number of rotatable bonds is 8. The zero-order chi connectivity index (χ0) is 19.4. The Hall–Kier alpha value is -2.04. The summed E-state index contributed by atoms with van der Waals surface area (Å²) in [5.41, 5.74) is 3.02. The number of carbonyl (C=O) groups excluding carboxylic acids is 2. The van der Waals surface area contributed by atoms with E-state index < -0.39 is 0 Å². The molecule has 5 nitrogen and oxygen atoms in total. The van der Waals surface area contributed by atoms with Gasteiger partial charge in [-0.25, -0.2) is 0 Å². The van der Waals surface area contributed by atoms with Gasteiger partial charge in [0.05, 0.1) is 0 Å². The van der Waals surface area contributed by atoms with E-state index in [1.165, 1.54) is 12.8 Å². The number of benzene rings is 1. The van der Waals surface area contributed by atoms with Crippen molar-refractivity contribution in [3.63, 3.8) is 0 Å². The summed E-state index contributed by atoms with van der Waals surface area (Å²) in [7, 11) is 4.03. The van der Waals surface area contributed by atoms with Gasteiger partial charge in [0.15, 0.2) is 0 Å². The lowest BCUT2D eigenvalue weighted by atomic mass is 10.1. The largest absolute Gasteiger partial charge is 0.377 e. The fourth-order valence-corrected chi connectivity index (χ4v) is 3.95. The molecule has 148 valence electrons. The van der Waals surface area contributed by atoms with Gasteiger partial charge in [-0.2, -0.15) is 0 Å². The van der Waals surface area contributed by atoms with Crippen molar-refractivity contribution in [2.75, 3.05) is 30.9 Å². The quantitative estimate of drug-likeness (QED) is 0.751. The Kier molecular flexibility index (Phi) is 6.40. The molecule has 2 amide bonds. The van der Waals surface area contributed by atoms with Crippen LogP contribution in [0.4, 0.5) is 11.4 Å². The van der Waals surface area contributed by atoms with Crippen molar-refractivity contribution in [1.29, 1.82) is 0 Å². The predicted octanol–water partition coefficient (Wildman–Crippen LogP) is 4.03. The zero-order valence-electron chi connectivity index (χ0n) is 17.0. The molecule has 5 heteroatoms. The number of nitrogens with one attached hydrogen (secondary N) is 1. The molecule has 3 rings (SSSR count). The third-order valence-electron chi connectivity index (χ3n) is 5.75. The van der Waals surface area contributed by atoms with Crippen molar-refractivity contribution in [3.05, 3.63) is 23.8 Å². The number of carbonyl (C=O) groups is 2. The molecule has 0 radical (unpaired) electrons. The van der Waals surface area contributed by atoms with Crippen LogP contribution in [-0.4, -0.2) is 37.4 Å². The highest BCUT2D eigenvalue weighted by molar-refractivity contribution is 5.93. The summed E-state index contributed by atoms with van der Waals surface area (Å²) in [6.07, 6.45) is 7.28. The van der Waals surface area contributed by atoms with E-state index in [9.17, 15) is 9.59 Å². The summed E-state index contributed by atoms with van der Waals surface area (Å²) in [5.74, 6) is 1.14. The van der Waals surface area contributed by atoms with Gasteiger partial charge in [-0.15, -0.1) is 0 Å². The lowest BCUT2D eigenvalue weighted by molar-refractivity contribution is -0.131. The number of hydrogen-bond acceptors (Lipinski definition) is 3. The molecule has 2 aliphatic rings. The molecule has 0 aromatic heterocycles. The van der Waals surface area contributed by atoms with Crippen LogP contribution >= 0.6 is 0 Å². The molecule has 2 saturated carbocycles. The Bertz CT molecular complexity index is 676. The van der Waals surface area contributed by atoms with Crippen LogP contribution in [0.25, 0.3) is 0 Å². The van der Waals surface area contributed by atoms with Gasteiger partial charge >= 0.3 is 0 Å². The molecule has 27 heavy (non-hydrogen) atoms. The molecule has 1 aromatic rings. The first-order chi connectivity index (χ1) is 13.0. The Morgan fingerprint density at radius 2 is 1.81 bits per heavy atom. The number of hydrogen-bond donors (Lipinski definition) is 1. The maximum Gasteiger partial charge on any atom is 0.227 e. The molecule has 0 spiro atoms. The molecule has 0 atom stereocenters. The van der Waals surface area contributed by atoms with Gasteiger partial charge in [0, 0.05) is 50.9 Å². The van der Waals surface area contributed by atoms with Crippen LogP contribution in [0.5, 0.6) is 0 Å². The van der Waals surface area contributed by atoms with E-state index in [0.29, 0.717) is 18.9 Å². The van der Waals surface area contributed by atoms with Crippen LogP contribution in [0, 0.1) is 11.8 Å². The minimum Gasteiger partial charge on any atom is -0.377 e. The van der Waals surface area contributed by atoms with E-state index in [-0.39, 0.29) is 17.7 Å². The molecule has 0 aliphatic heterocycles. The topological polar surface area (TPSA) is 52.7 Å². The van der Waals surface area contributed by atoms with Crippen LogP contribution in [0.2, 0.25) is 0 Å². The third kappa shape index (κ3) is 5.24. The van der Waals surface area contributed by atoms with Crippen LogP contribution < -0.4 is 10.2 Å². The normalized spacial score (nSPS) is 17.0. The monoisotopic (exact) mass is 371 g/mol. The number of nitrogens with zero attached hydrogens (tertiary/aromatic N) is 2. The van der Waals surface area contributed by atoms with Gasteiger partial charge in [-0.1, -0.05) is 19.8 Å². The first-order valence-corrected chi connectivity index (χ1v) is 10.4. The van der Waals surface area contributed by atoms with Crippen molar-refractivity contribution in [3.8, 4) is 0 Å². The van der Waals surface area contributed by atoms with Gasteiger partial charge in [0.25, 0.3) is 0 Å². The van der Waals surface area contributed by atoms with Crippen LogP contribution in [0.3, 0.4) is 0 Å². The lowest BCUT2D eigenvalue weighted by Gasteiger charge is -2.26. The van der Waals surface area contributed by atoms with E-state index in [2.05, 4.69) is 10.2 Å². The number of amides is 2. The van der Waals surface area contributed by atoms with Crippen molar-refractivity contribution >= 4 is 23.2 Å². The van der Waals surface area contributed by atoms with E-state index in [1.54, 1.807) is 0 Å². The molecule has 1 N–H and O–H groups in total. The van der Waals surface area contributed by atoms with Gasteiger partial charge in [0.1, 0.15) is 0 Å². The van der Waals surface area contributed by atoms with Crippen LogP contribution in [0.15, 0.2) is 18.2 Å². The standard InChI is InChI=1S/C22H33N3O2/c1-4-21(26)25(14-16-9-10-16)15-18-13-19(11-12-20(18)24(2)3)23-22(27)17-7-5-6-8-17/h11-13,16-17H,4-10,14-15H2,1-3H3,(H,23,27). The summed E-state index contributed by atoms with van der Waals surface area (Å²) in [4.78, 5) is 29.0. The smallest absolute Gasteiger partial charge is 0.227 e. The molecular formula is C22H33N3O2. The molecular weight excluding hydrogens is 338 g/mol. The van der Waals surface area contributed by atoms with E-state index >= 15 is 0 Å². The predicted molar refractivity (Wildman–Crippen MR) is 110 cm³/mol. The first-order valence-electron chi connectivity index (χ1n) is 10.4. The van der Waals surface area contributed by atoms with Gasteiger partial charge in [-0.3, -0.25) is 9.59 Å². The molecule has 2 aliphatic carbocycles. The van der Waals surface area contributed by atoms with Crippen molar-refractivity contribution in [1.82, 2.24) is 4.90 Å². The SMILES string of the molecule is CCC(=O)N(Cc1cc(NC(=O)C2CCCC2)ccc1N(C)C)CC1CC1. The maximum atomic E-state index is 12.5. The molecule has 0 heterocycles. The average molecular weight is 372 g/mol. The Labute approximate surface area is 163 Å². The van der Waals surface area contributed by atoms with Crippen molar-refractivity contribution in [2.45, 2.75) is 58.4 Å². The average Bonchev–Trinajstić information content (AvgIpc) is 3.29. The summed E-state index contributed by atoms with van der Waals surface area (Å²) in [6, 6.07) is 6.06. The highest BCUT2D eigenvalue weighted by atomic mass is 16.2. The molecule has 0 saturated heterocycles.